The number of halogens is 1. The normalized spacial score (nSPS) is 14.5. The van der Waals surface area contributed by atoms with Crippen LogP contribution in [-0.2, 0) is 11.3 Å². The highest BCUT2D eigenvalue weighted by Crippen LogP contribution is 2.32. The Balaban J connectivity index is 0.00000192. The summed E-state index contributed by atoms with van der Waals surface area (Å²) in [6.07, 6.45) is 2.94. The molecule has 3 rings (SSSR count). The van der Waals surface area contributed by atoms with E-state index in [1.54, 1.807) is 24.3 Å². The number of carbonyl (C=O) groups is 2. The maximum atomic E-state index is 11.8. The molecule has 4 N–H and O–H groups in total. The van der Waals surface area contributed by atoms with Gasteiger partial charge in [-0.05, 0) is 42.7 Å². The lowest BCUT2D eigenvalue weighted by atomic mass is 10.2. The van der Waals surface area contributed by atoms with Crippen molar-refractivity contribution >= 4 is 29.9 Å². The molecule has 6 nitrogen and oxygen atoms in total. The number of furan rings is 1. The van der Waals surface area contributed by atoms with Gasteiger partial charge >= 0.3 is 0 Å². The van der Waals surface area contributed by atoms with Crippen molar-refractivity contribution in [1.29, 1.82) is 0 Å². The predicted molar refractivity (Wildman–Crippen MR) is 88.4 cm³/mol. The molecule has 23 heavy (non-hydrogen) atoms. The van der Waals surface area contributed by atoms with Gasteiger partial charge in [0.2, 0.25) is 5.91 Å². The van der Waals surface area contributed by atoms with Crippen molar-refractivity contribution in [2.75, 3.05) is 5.32 Å². The van der Waals surface area contributed by atoms with Crippen LogP contribution in [0.1, 0.15) is 29.0 Å². The largest absolute Gasteiger partial charge is 0.459 e. The minimum Gasteiger partial charge on any atom is -0.459 e. The van der Waals surface area contributed by atoms with Crippen molar-refractivity contribution in [2.45, 2.75) is 24.9 Å². The summed E-state index contributed by atoms with van der Waals surface area (Å²) >= 11 is 0. The number of nitrogens with one attached hydrogen (secondary N) is 2. The molecule has 2 aromatic rings. The molecule has 1 aliphatic rings. The van der Waals surface area contributed by atoms with Gasteiger partial charge in [0.1, 0.15) is 0 Å². The molecule has 7 heteroatoms. The highest BCUT2D eigenvalue weighted by Gasteiger charge is 2.45. The maximum absolute atomic E-state index is 11.8. The van der Waals surface area contributed by atoms with Crippen LogP contribution in [0.2, 0.25) is 0 Å². The van der Waals surface area contributed by atoms with Crippen molar-refractivity contribution in [3.05, 3.63) is 54.0 Å². The van der Waals surface area contributed by atoms with Gasteiger partial charge in [-0.2, -0.15) is 0 Å². The van der Waals surface area contributed by atoms with Crippen LogP contribution in [0.3, 0.4) is 0 Å². The van der Waals surface area contributed by atoms with Gasteiger partial charge in [0.25, 0.3) is 5.91 Å². The Hall–Kier alpha value is -2.31. The number of carbonyl (C=O) groups excluding carboxylic acids is 2. The van der Waals surface area contributed by atoms with Crippen molar-refractivity contribution in [2.24, 2.45) is 5.73 Å². The summed E-state index contributed by atoms with van der Waals surface area (Å²) in [6, 6.07) is 10.5. The Kier molecular flexibility index (Phi) is 5.08. The smallest absolute Gasteiger partial charge is 0.291 e. The van der Waals surface area contributed by atoms with Gasteiger partial charge in [-0.3, -0.25) is 9.59 Å². The van der Waals surface area contributed by atoms with Crippen LogP contribution < -0.4 is 16.4 Å². The average molecular weight is 336 g/mol. The minimum absolute atomic E-state index is 0. The van der Waals surface area contributed by atoms with Crippen molar-refractivity contribution in [1.82, 2.24) is 5.32 Å². The fourth-order valence-corrected chi connectivity index (χ4v) is 2.03. The molecule has 1 saturated carbocycles. The van der Waals surface area contributed by atoms with Gasteiger partial charge in [0.15, 0.2) is 5.76 Å². The van der Waals surface area contributed by atoms with E-state index in [0.717, 1.165) is 18.4 Å². The summed E-state index contributed by atoms with van der Waals surface area (Å²) < 4.78 is 5.02. The second-order valence-corrected chi connectivity index (χ2v) is 5.47. The number of anilines is 1. The highest BCUT2D eigenvalue weighted by atomic mass is 35.5. The van der Waals surface area contributed by atoms with Crippen molar-refractivity contribution < 1.29 is 14.0 Å². The standard InChI is InChI=1S/C16H17N3O3.ClH/c17-16(7-8-16)15(21)18-10-11-3-5-12(6-4-11)19-14(20)13-2-1-9-22-13;/h1-6,9H,7-8,10,17H2,(H,18,21)(H,19,20);1H. The van der Waals surface area contributed by atoms with E-state index in [2.05, 4.69) is 10.6 Å². The van der Waals surface area contributed by atoms with Gasteiger partial charge in [-0.1, -0.05) is 12.1 Å². The third-order valence-corrected chi connectivity index (χ3v) is 3.65. The lowest BCUT2D eigenvalue weighted by Gasteiger charge is -2.10. The average Bonchev–Trinajstić information content (AvgIpc) is 3.05. The quantitative estimate of drug-likeness (QED) is 0.779. The van der Waals surface area contributed by atoms with Gasteiger partial charge < -0.3 is 20.8 Å². The van der Waals surface area contributed by atoms with Gasteiger partial charge in [0, 0.05) is 12.2 Å². The first-order valence-corrected chi connectivity index (χ1v) is 7.08. The van der Waals surface area contributed by atoms with Gasteiger partial charge in [-0.25, -0.2) is 0 Å². The first-order chi connectivity index (χ1) is 10.6. The van der Waals surface area contributed by atoms with Crippen LogP contribution in [0.5, 0.6) is 0 Å². The van der Waals surface area contributed by atoms with E-state index in [-0.39, 0.29) is 30.0 Å². The van der Waals surface area contributed by atoms with E-state index < -0.39 is 5.54 Å². The lowest BCUT2D eigenvalue weighted by molar-refractivity contribution is -0.123. The van der Waals surface area contributed by atoms with Crippen molar-refractivity contribution in [3.8, 4) is 0 Å². The molecule has 1 aromatic heterocycles. The fourth-order valence-electron chi connectivity index (χ4n) is 2.03. The van der Waals surface area contributed by atoms with E-state index in [1.165, 1.54) is 6.26 Å². The molecule has 1 heterocycles. The Morgan fingerprint density at radius 1 is 1.17 bits per heavy atom. The molecule has 1 aliphatic carbocycles. The van der Waals surface area contributed by atoms with Crippen LogP contribution in [0.15, 0.2) is 47.1 Å². The molecule has 0 spiro atoms. The third-order valence-electron chi connectivity index (χ3n) is 3.65. The van der Waals surface area contributed by atoms with Crippen LogP contribution in [-0.4, -0.2) is 17.4 Å². The molecular formula is C16H18ClN3O3. The zero-order chi connectivity index (χ0) is 15.6. The molecule has 2 amide bonds. The number of hydrogen-bond donors (Lipinski definition) is 3. The zero-order valence-electron chi connectivity index (χ0n) is 12.4. The van der Waals surface area contributed by atoms with Gasteiger partial charge in [0.05, 0.1) is 11.8 Å². The molecular weight excluding hydrogens is 318 g/mol. The molecule has 0 unspecified atom stereocenters. The zero-order valence-corrected chi connectivity index (χ0v) is 13.2. The number of amides is 2. The molecule has 122 valence electrons. The summed E-state index contributed by atoms with van der Waals surface area (Å²) in [5, 5.41) is 5.55. The monoisotopic (exact) mass is 335 g/mol. The third kappa shape index (κ3) is 4.12. The van der Waals surface area contributed by atoms with E-state index in [0.29, 0.717) is 12.2 Å². The Bertz CT molecular complexity index is 679. The SMILES string of the molecule is Cl.NC1(C(=O)NCc2ccc(NC(=O)c3ccco3)cc2)CC1. The Morgan fingerprint density at radius 3 is 2.43 bits per heavy atom. The first kappa shape index (κ1) is 17.1. The molecule has 0 bridgehead atoms. The summed E-state index contributed by atoms with van der Waals surface area (Å²) in [5.74, 6) is -0.151. The van der Waals surface area contributed by atoms with Crippen molar-refractivity contribution in [3.63, 3.8) is 0 Å². The summed E-state index contributed by atoms with van der Waals surface area (Å²) in [5.41, 5.74) is 6.75. The fraction of sp³-hybridized carbons (Fsp3) is 0.250. The molecule has 0 aliphatic heterocycles. The second-order valence-electron chi connectivity index (χ2n) is 5.47. The maximum Gasteiger partial charge on any atom is 0.291 e. The van der Waals surface area contributed by atoms with E-state index in [9.17, 15) is 9.59 Å². The van der Waals surface area contributed by atoms with Crippen LogP contribution >= 0.6 is 12.4 Å². The van der Waals surface area contributed by atoms with Gasteiger partial charge in [-0.15, -0.1) is 12.4 Å². The molecule has 1 aromatic carbocycles. The summed E-state index contributed by atoms with van der Waals surface area (Å²) in [7, 11) is 0. The molecule has 0 atom stereocenters. The highest BCUT2D eigenvalue weighted by molar-refractivity contribution is 6.02. The van der Waals surface area contributed by atoms with Crippen LogP contribution in [0.25, 0.3) is 0 Å². The number of nitrogens with two attached hydrogens (primary N) is 1. The number of benzene rings is 1. The van der Waals surface area contributed by atoms with E-state index in [4.69, 9.17) is 10.2 Å². The van der Waals surface area contributed by atoms with E-state index >= 15 is 0 Å². The number of rotatable bonds is 5. The predicted octanol–water partition coefficient (Wildman–Crippen LogP) is 2.06. The Morgan fingerprint density at radius 2 is 1.87 bits per heavy atom. The molecule has 0 saturated heterocycles. The molecule has 0 radical (unpaired) electrons. The second kappa shape index (κ2) is 6.85. The topological polar surface area (TPSA) is 97.4 Å². The summed E-state index contributed by atoms with van der Waals surface area (Å²) in [6.45, 7) is 0.421. The summed E-state index contributed by atoms with van der Waals surface area (Å²) in [4.78, 5) is 23.6. The minimum atomic E-state index is -0.656. The van der Waals surface area contributed by atoms with E-state index in [1.807, 2.05) is 12.1 Å². The lowest BCUT2D eigenvalue weighted by Crippen LogP contribution is -2.42. The first-order valence-electron chi connectivity index (χ1n) is 7.08. The number of hydrogen-bond acceptors (Lipinski definition) is 4. The molecule has 1 fully saturated rings. The Labute approximate surface area is 139 Å². The van der Waals surface area contributed by atoms with Crippen LogP contribution in [0, 0.1) is 0 Å². The van der Waals surface area contributed by atoms with Crippen LogP contribution in [0.4, 0.5) is 5.69 Å².